The van der Waals surface area contributed by atoms with E-state index in [0.717, 1.165) is 0 Å². The highest BCUT2D eigenvalue weighted by molar-refractivity contribution is 6.39. The van der Waals surface area contributed by atoms with E-state index in [9.17, 15) is 9.59 Å². The Hall–Kier alpha value is -1.83. The Morgan fingerprint density at radius 1 is 1.36 bits per heavy atom. The Balaban J connectivity index is 1.72. The molecular weight excluding hydrogens is 290 g/mol. The Morgan fingerprint density at radius 3 is 2.68 bits per heavy atom. The predicted octanol–water partition coefficient (Wildman–Crippen LogP) is 0.515. The fraction of sp³-hybridized carbons (Fsp3) is 0.786. The van der Waals surface area contributed by atoms with Crippen LogP contribution < -0.4 is 5.32 Å². The summed E-state index contributed by atoms with van der Waals surface area (Å²) >= 11 is 0. The number of nitrogens with one attached hydrogen (secondary N) is 1. The summed E-state index contributed by atoms with van der Waals surface area (Å²) in [5.41, 5.74) is -0.160. The van der Waals surface area contributed by atoms with Crippen molar-refractivity contribution < 1.29 is 23.9 Å². The number of amides is 2. The number of oxime groups is 1. The van der Waals surface area contributed by atoms with Gasteiger partial charge in [-0.05, 0) is 20.8 Å². The van der Waals surface area contributed by atoms with Crippen molar-refractivity contribution in [3.8, 4) is 0 Å². The first-order chi connectivity index (χ1) is 10.3. The first kappa shape index (κ1) is 16.5. The number of ether oxygens (including phenoxy) is 2. The highest BCUT2D eigenvalue weighted by Crippen LogP contribution is 2.13. The van der Waals surface area contributed by atoms with E-state index in [4.69, 9.17) is 14.3 Å². The van der Waals surface area contributed by atoms with Gasteiger partial charge < -0.3 is 24.5 Å². The third-order valence-corrected chi connectivity index (χ3v) is 3.15. The normalized spacial score (nSPS) is 21.9. The molecule has 2 amide bonds. The summed E-state index contributed by atoms with van der Waals surface area (Å²) in [6.07, 6.45) is -0.469. The van der Waals surface area contributed by atoms with Crippen molar-refractivity contribution in [1.29, 1.82) is 0 Å². The van der Waals surface area contributed by atoms with Crippen LogP contribution in [0.3, 0.4) is 0 Å². The van der Waals surface area contributed by atoms with Crippen molar-refractivity contribution in [2.24, 2.45) is 5.16 Å². The van der Waals surface area contributed by atoms with Crippen LogP contribution in [0.1, 0.15) is 27.2 Å². The molecule has 1 N–H and O–H groups in total. The second-order valence-corrected chi connectivity index (χ2v) is 6.26. The Kier molecular flexibility index (Phi) is 5.23. The minimum Gasteiger partial charge on any atom is -0.444 e. The number of morpholine rings is 1. The van der Waals surface area contributed by atoms with Crippen LogP contribution in [0.4, 0.5) is 4.79 Å². The molecule has 2 aliphatic rings. The molecule has 0 aromatic carbocycles. The van der Waals surface area contributed by atoms with Crippen LogP contribution in [0.15, 0.2) is 5.16 Å². The first-order valence-electron chi connectivity index (χ1n) is 7.42. The van der Waals surface area contributed by atoms with Gasteiger partial charge in [0.15, 0.2) is 6.10 Å². The van der Waals surface area contributed by atoms with Crippen molar-refractivity contribution in [3.05, 3.63) is 0 Å². The SMILES string of the molecule is CC(C)(C)OC(=O)NCC1CC(C(=O)N2CCOCC2)=NO1. The molecule has 2 heterocycles. The lowest BCUT2D eigenvalue weighted by Crippen LogP contribution is -2.44. The third-order valence-electron chi connectivity index (χ3n) is 3.15. The van der Waals surface area contributed by atoms with Crippen LogP contribution in [-0.2, 0) is 19.1 Å². The van der Waals surface area contributed by atoms with E-state index in [2.05, 4.69) is 10.5 Å². The van der Waals surface area contributed by atoms with Gasteiger partial charge in [-0.2, -0.15) is 0 Å². The highest BCUT2D eigenvalue weighted by Gasteiger charge is 2.30. The number of hydrogen-bond acceptors (Lipinski definition) is 6. The van der Waals surface area contributed by atoms with Gasteiger partial charge in [0, 0.05) is 19.5 Å². The summed E-state index contributed by atoms with van der Waals surface area (Å²) in [5.74, 6) is -0.122. The average Bonchev–Trinajstić information content (AvgIpc) is 2.92. The van der Waals surface area contributed by atoms with Crippen molar-refractivity contribution in [2.45, 2.75) is 38.9 Å². The molecule has 22 heavy (non-hydrogen) atoms. The van der Waals surface area contributed by atoms with Gasteiger partial charge in [0.1, 0.15) is 11.3 Å². The van der Waals surface area contributed by atoms with E-state index in [1.165, 1.54) is 0 Å². The van der Waals surface area contributed by atoms with Crippen molar-refractivity contribution >= 4 is 17.7 Å². The maximum absolute atomic E-state index is 12.2. The highest BCUT2D eigenvalue weighted by atomic mass is 16.6. The molecular formula is C14H23N3O5. The number of carbonyl (C=O) groups excluding carboxylic acids is 2. The van der Waals surface area contributed by atoms with Gasteiger partial charge in [0.25, 0.3) is 5.91 Å². The molecule has 1 unspecified atom stereocenters. The topological polar surface area (TPSA) is 89.5 Å². The van der Waals surface area contributed by atoms with Gasteiger partial charge in [0.05, 0.1) is 19.8 Å². The fourth-order valence-electron chi connectivity index (χ4n) is 2.12. The van der Waals surface area contributed by atoms with Crippen LogP contribution in [0.2, 0.25) is 0 Å². The molecule has 0 spiro atoms. The van der Waals surface area contributed by atoms with Gasteiger partial charge in [-0.1, -0.05) is 5.16 Å². The fourth-order valence-corrected chi connectivity index (χ4v) is 2.12. The smallest absolute Gasteiger partial charge is 0.407 e. The molecule has 1 saturated heterocycles. The van der Waals surface area contributed by atoms with Gasteiger partial charge in [-0.25, -0.2) is 4.79 Å². The van der Waals surface area contributed by atoms with E-state index in [0.29, 0.717) is 38.4 Å². The van der Waals surface area contributed by atoms with Crippen molar-refractivity contribution in [3.63, 3.8) is 0 Å². The maximum atomic E-state index is 12.2. The van der Waals surface area contributed by atoms with E-state index in [1.54, 1.807) is 25.7 Å². The lowest BCUT2D eigenvalue weighted by Gasteiger charge is -2.26. The molecule has 0 saturated carbocycles. The van der Waals surface area contributed by atoms with Gasteiger partial charge in [0.2, 0.25) is 0 Å². The molecule has 0 bridgehead atoms. The number of rotatable bonds is 3. The van der Waals surface area contributed by atoms with Crippen molar-refractivity contribution in [1.82, 2.24) is 10.2 Å². The molecule has 8 nitrogen and oxygen atoms in total. The minimum absolute atomic E-state index is 0.122. The third kappa shape index (κ3) is 4.87. The molecule has 1 fully saturated rings. The first-order valence-corrected chi connectivity index (χ1v) is 7.42. The number of nitrogens with zero attached hydrogens (tertiary/aromatic N) is 2. The molecule has 124 valence electrons. The van der Waals surface area contributed by atoms with E-state index < -0.39 is 11.7 Å². The summed E-state index contributed by atoms with van der Waals surface area (Å²) in [5, 5.41) is 6.45. The summed E-state index contributed by atoms with van der Waals surface area (Å²) in [6, 6.07) is 0. The standard InChI is InChI=1S/C14H23N3O5/c1-14(2,3)21-13(19)15-9-10-8-11(16-22-10)12(18)17-4-6-20-7-5-17/h10H,4-9H2,1-3H3,(H,15,19). The summed E-state index contributed by atoms with van der Waals surface area (Å²) in [7, 11) is 0. The average molecular weight is 313 g/mol. The zero-order valence-electron chi connectivity index (χ0n) is 13.3. The monoisotopic (exact) mass is 313 g/mol. The van der Waals surface area contributed by atoms with Crippen LogP contribution in [0, 0.1) is 0 Å². The zero-order valence-corrected chi connectivity index (χ0v) is 13.3. The second-order valence-electron chi connectivity index (χ2n) is 6.26. The molecule has 8 heteroatoms. The second kappa shape index (κ2) is 6.95. The Labute approximate surface area is 129 Å². The minimum atomic E-state index is -0.547. The lowest BCUT2D eigenvalue weighted by atomic mass is 10.1. The summed E-state index contributed by atoms with van der Waals surface area (Å²) < 4.78 is 10.3. The number of hydrogen-bond donors (Lipinski definition) is 1. The quantitative estimate of drug-likeness (QED) is 0.820. The van der Waals surface area contributed by atoms with Gasteiger partial charge in [-0.15, -0.1) is 0 Å². The predicted molar refractivity (Wildman–Crippen MR) is 78.6 cm³/mol. The number of alkyl carbamates (subject to hydrolysis) is 1. The molecule has 0 aromatic rings. The molecule has 1 atom stereocenters. The molecule has 0 radical (unpaired) electrons. The Morgan fingerprint density at radius 2 is 2.05 bits per heavy atom. The van der Waals surface area contributed by atoms with Crippen molar-refractivity contribution in [2.75, 3.05) is 32.8 Å². The Bertz CT molecular complexity index is 452. The summed E-state index contributed by atoms with van der Waals surface area (Å²) in [6.45, 7) is 7.85. The maximum Gasteiger partial charge on any atom is 0.407 e. The largest absolute Gasteiger partial charge is 0.444 e. The van der Waals surface area contributed by atoms with Crippen LogP contribution in [0.5, 0.6) is 0 Å². The summed E-state index contributed by atoms with van der Waals surface area (Å²) in [4.78, 5) is 30.7. The van der Waals surface area contributed by atoms with Crippen LogP contribution >= 0.6 is 0 Å². The van der Waals surface area contributed by atoms with E-state index in [-0.39, 0.29) is 18.6 Å². The van der Waals surface area contributed by atoms with E-state index >= 15 is 0 Å². The molecule has 2 rings (SSSR count). The van der Waals surface area contributed by atoms with Gasteiger partial charge >= 0.3 is 6.09 Å². The molecule has 0 aliphatic carbocycles. The molecule has 0 aromatic heterocycles. The van der Waals surface area contributed by atoms with Gasteiger partial charge in [-0.3, -0.25) is 4.79 Å². The van der Waals surface area contributed by atoms with Crippen LogP contribution in [-0.4, -0.2) is 67.2 Å². The van der Waals surface area contributed by atoms with Crippen LogP contribution in [0.25, 0.3) is 0 Å². The van der Waals surface area contributed by atoms with E-state index in [1.807, 2.05) is 0 Å². The number of carbonyl (C=O) groups is 2. The molecule has 2 aliphatic heterocycles. The lowest BCUT2D eigenvalue weighted by molar-refractivity contribution is -0.128. The zero-order chi connectivity index (χ0) is 16.2.